The third kappa shape index (κ3) is 31.0. The minimum absolute atomic E-state index is 0. The van der Waals surface area contributed by atoms with Crippen LogP contribution in [-0.2, 0) is 29.3 Å². The normalized spacial score (nSPS) is 12.0. The fraction of sp³-hybridized carbons (Fsp3) is 0.692. The summed E-state index contributed by atoms with van der Waals surface area (Å²) in [6, 6.07) is 17.8. The van der Waals surface area contributed by atoms with Gasteiger partial charge in [0, 0.05) is 35.1 Å². The Balaban J connectivity index is 0.00000259. The molecule has 0 amide bonds. The van der Waals surface area contributed by atoms with Crippen molar-refractivity contribution in [3.63, 3.8) is 0 Å². The minimum Gasteiger partial charge on any atom is -0.493 e. The van der Waals surface area contributed by atoms with Gasteiger partial charge in [-0.15, -0.1) is 11.8 Å². The van der Waals surface area contributed by atoms with E-state index in [9.17, 15) is 5.53 Å². The zero-order valence-corrected chi connectivity index (χ0v) is 46.8. The molecule has 3 heteroatoms. The molecule has 3 rings (SSSR count). The van der Waals surface area contributed by atoms with E-state index >= 15 is 0 Å². The van der Waals surface area contributed by atoms with Crippen molar-refractivity contribution in [2.24, 2.45) is 0 Å². The summed E-state index contributed by atoms with van der Waals surface area (Å²) in [6.07, 6.45) is 49.5. The monoisotopic (exact) mass is 975 g/mol. The SMILES string of the molecule is CCCCCCCCCCCCCCCCCC#CCCCc1ccccc1C1=C(CCCCC)C(CCCC)=C(c2ccc(CCCC)cc2)[N+]1=[N-].[CH2-]CCCCCC.[CH2-]CCCCCC.[Ni+2]. The molecule has 0 spiro atoms. The van der Waals surface area contributed by atoms with Crippen molar-refractivity contribution in [1.29, 1.82) is 0 Å². The smallest absolute Gasteiger partial charge is 0.493 e. The standard InChI is InChI=1S/C51H78N2.2C7H15.Ni/c1-5-9-13-14-15-16-17-18-19-20-21-22-23-24-25-26-27-28-29-31-35-45-36-32-33-38-47(45)51-49(39-30-10-6-2)48(37-12-8-4)50(53(51)52)46-42-40-44(41-43-46)34-11-7-3;2*1-3-5-7-6-4-2;/h32-33,36,38,40-43H,5-26,29-31,34-35,37,39H2,1-4H3;2*1,3-7H2,2H3;/q;2*-1;+2. The first-order valence-electron chi connectivity index (χ1n) is 29.2. The van der Waals surface area contributed by atoms with Crippen molar-refractivity contribution in [3.8, 4) is 11.8 Å². The maximum atomic E-state index is 12.1. The van der Waals surface area contributed by atoms with E-state index in [1.807, 2.05) is 0 Å². The molecule has 0 unspecified atom stereocenters. The number of hydrogen-bond donors (Lipinski definition) is 0. The quantitative estimate of drug-likeness (QED) is 0.0211. The summed E-state index contributed by atoms with van der Waals surface area (Å²) in [6.45, 7) is 21.1. The third-order valence-corrected chi connectivity index (χ3v) is 13.5. The molecule has 0 saturated carbocycles. The Morgan fingerprint density at radius 1 is 0.397 bits per heavy atom. The minimum atomic E-state index is 0. The Hall–Kier alpha value is -2.43. The number of hydrogen-bond acceptors (Lipinski definition) is 0. The summed E-state index contributed by atoms with van der Waals surface area (Å²) in [4.78, 5) is 0. The summed E-state index contributed by atoms with van der Waals surface area (Å²) >= 11 is 0. The van der Waals surface area contributed by atoms with Gasteiger partial charge >= 0.3 is 16.5 Å². The van der Waals surface area contributed by atoms with Crippen LogP contribution in [0.3, 0.4) is 0 Å². The van der Waals surface area contributed by atoms with Gasteiger partial charge in [0.1, 0.15) is 0 Å². The average Bonchev–Trinajstić information content (AvgIpc) is 3.62. The van der Waals surface area contributed by atoms with Crippen molar-refractivity contribution in [3.05, 3.63) is 101 Å². The molecule has 0 saturated heterocycles. The first kappa shape index (κ1) is 65.6. The molecule has 0 atom stereocenters. The fourth-order valence-corrected chi connectivity index (χ4v) is 9.19. The van der Waals surface area contributed by atoms with Crippen molar-refractivity contribution in [2.75, 3.05) is 0 Å². The van der Waals surface area contributed by atoms with Gasteiger partial charge in [0.05, 0.1) is 0 Å². The van der Waals surface area contributed by atoms with Gasteiger partial charge in [-0.05, 0) is 87.1 Å². The number of nitrogens with zero attached hydrogens (tertiary/aromatic N) is 2. The molecular formula is C65H108N2Ni. The molecule has 0 aliphatic carbocycles. The van der Waals surface area contributed by atoms with Crippen LogP contribution in [0.1, 0.15) is 301 Å². The second-order valence-corrected chi connectivity index (χ2v) is 19.7. The molecule has 1 aliphatic heterocycles. The van der Waals surface area contributed by atoms with Crippen LogP contribution in [0, 0.1) is 25.7 Å². The van der Waals surface area contributed by atoms with E-state index in [2.05, 4.69) is 116 Å². The summed E-state index contributed by atoms with van der Waals surface area (Å²) < 4.78 is 1.57. The van der Waals surface area contributed by atoms with Gasteiger partial charge in [-0.1, -0.05) is 239 Å². The van der Waals surface area contributed by atoms with Crippen LogP contribution in [-0.4, -0.2) is 4.70 Å². The van der Waals surface area contributed by atoms with Gasteiger partial charge in [0.25, 0.3) is 0 Å². The molecule has 0 N–H and O–H groups in total. The third-order valence-electron chi connectivity index (χ3n) is 13.5. The molecule has 0 bridgehead atoms. The number of rotatable bonds is 38. The van der Waals surface area contributed by atoms with E-state index < -0.39 is 0 Å². The molecule has 0 aromatic heterocycles. The van der Waals surface area contributed by atoms with Crippen LogP contribution in [0.4, 0.5) is 0 Å². The van der Waals surface area contributed by atoms with Gasteiger partial charge in [0.15, 0.2) is 0 Å². The molecule has 2 nitrogen and oxygen atoms in total. The second-order valence-electron chi connectivity index (χ2n) is 19.7. The predicted molar refractivity (Wildman–Crippen MR) is 301 cm³/mol. The molecule has 68 heavy (non-hydrogen) atoms. The van der Waals surface area contributed by atoms with Gasteiger partial charge < -0.3 is 19.4 Å². The van der Waals surface area contributed by atoms with Crippen LogP contribution in [0.5, 0.6) is 0 Å². The molecule has 2 aromatic rings. The summed E-state index contributed by atoms with van der Waals surface area (Å²) in [5.74, 6) is 6.97. The van der Waals surface area contributed by atoms with Gasteiger partial charge in [-0.25, -0.2) is 4.70 Å². The van der Waals surface area contributed by atoms with Crippen LogP contribution in [0.25, 0.3) is 16.9 Å². The molecule has 1 aliphatic rings. The van der Waals surface area contributed by atoms with Crippen molar-refractivity contribution in [1.82, 2.24) is 0 Å². The number of allylic oxidation sites excluding steroid dienone is 2. The van der Waals surface area contributed by atoms with Gasteiger partial charge in [-0.3, -0.25) is 0 Å². The molecule has 0 radical (unpaired) electrons. The van der Waals surface area contributed by atoms with Crippen LogP contribution >= 0.6 is 0 Å². The van der Waals surface area contributed by atoms with E-state index in [1.165, 1.54) is 201 Å². The van der Waals surface area contributed by atoms with Crippen LogP contribution in [0.2, 0.25) is 0 Å². The van der Waals surface area contributed by atoms with E-state index in [1.54, 1.807) is 4.70 Å². The zero-order valence-electron chi connectivity index (χ0n) is 45.8. The summed E-state index contributed by atoms with van der Waals surface area (Å²) in [5, 5.41) is 0. The first-order chi connectivity index (χ1) is 33.0. The van der Waals surface area contributed by atoms with E-state index in [0.29, 0.717) is 0 Å². The zero-order chi connectivity index (χ0) is 48.8. The fourth-order valence-electron chi connectivity index (χ4n) is 9.19. The molecule has 0 fully saturated rings. The predicted octanol–water partition coefficient (Wildman–Crippen LogP) is 22.1. The number of benzene rings is 2. The molecule has 2 aromatic carbocycles. The van der Waals surface area contributed by atoms with E-state index in [-0.39, 0.29) is 16.5 Å². The molecule has 1 heterocycles. The number of aryl methyl sites for hydroxylation is 2. The van der Waals surface area contributed by atoms with E-state index in [4.69, 9.17) is 0 Å². The molecular weight excluding hydrogens is 867 g/mol. The number of unbranched alkanes of at least 4 members (excludes halogenated alkanes) is 28. The molecule has 388 valence electrons. The largest absolute Gasteiger partial charge is 2.00 e. The van der Waals surface area contributed by atoms with Crippen LogP contribution < -0.4 is 0 Å². The van der Waals surface area contributed by atoms with Crippen LogP contribution in [0.15, 0.2) is 59.7 Å². The van der Waals surface area contributed by atoms with Gasteiger partial charge in [0.2, 0.25) is 11.4 Å². The first-order valence-corrected chi connectivity index (χ1v) is 29.2. The summed E-state index contributed by atoms with van der Waals surface area (Å²) in [7, 11) is 0. The summed E-state index contributed by atoms with van der Waals surface area (Å²) in [5.41, 5.74) is 21.9. The van der Waals surface area contributed by atoms with Crippen molar-refractivity contribution >= 4 is 11.4 Å². The second kappa shape index (κ2) is 48.2. The Bertz CT molecular complexity index is 1570. The average molecular weight is 976 g/mol. The Morgan fingerprint density at radius 3 is 1.29 bits per heavy atom. The Morgan fingerprint density at radius 2 is 0.794 bits per heavy atom. The Kier molecular flexibility index (Phi) is 46.5. The maximum Gasteiger partial charge on any atom is 2.00 e. The van der Waals surface area contributed by atoms with Crippen molar-refractivity contribution in [2.45, 2.75) is 292 Å². The Labute approximate surface area is 435 Å². The maximum absolute atomic E-state index is 12.1. The van der Waals surface area contributed by atoms with Gasteiger partial charge in [-0.2, -0.15) is 12.8 Å². The van der Waals surface area contributed by atoms with Crippen molar-refractivity contribution < 1.29 is 21.2 Å². The van der Waals surface area contributed by atoms with E-state index in [0.717, 1.165) is 94.0 Å². The topological polar surface area (TPSA) is 25.3 Å².